The number of nitriles is 1. The predicted octanol–water partition coefficient (Wildman–Crippen LogP) is 6.31. The molecule has 0 radical (unpaired) electrons. The minimum atomic E-state index is -1.03. The van der Waals surface area contributed by atoms with Gasteiger partial charge in [0, 0.05) is 42.6 Å². The van der Waals surface area contributed by atoms with Crippen LogP contribution < -0.4 is 9.47 Å². The minimum Gasteiger partial charge on any atom is -0.484 e. The van der Waals surface area contributed by atoms with Gasteiger partial charge in [0.15, 0.2) is 17.4 Å². The average Bonchev–Trinajstić information content (AvgIpc) is 3.68. The van der Waals surface area contributed by atoms with Crippen LogP contribution in [0.4, 0.5) is 8.78 Å². The summed E-state index contributed by atoms with van der Waals surface area (Å²) in [4.78, 5) is 22.8. The van der Waals surface area contributed by atoms with E-state index in [-0.39, 0.29) is 35.8 Å². The molecule has 1 saturated heterocycles. The molecule has 1 aliphatic heterocycles. The summed E-state index contributed by atoms with van der Waals surface area (Å²) in [5.41, 5.74) is 1.61. The summed E-state index contributed by atoms with van der Waals surface area (Å²) in [6.45, 7) is 2.55. The third-order valence-electron chi connectivity index (χ3n) is 8.44. The molecule has 0 bridgehead atoms. The first-order valence-corrected chi connectivity index (χ1v) is 15.3. The van der Waals surface area contributed by atoms with Crippen LogP contribution in [0.5, 0.6) is 11.6 Å². The Balaban J connectivity index is 1.11. The zero-order valence-corrected chi connectivity index (χ0v) is 25.3. The van der Waals surface area contributed by atoms with Crippen LogP contribution in [0.3, 0.4) is 0 Å². The summed E-state index contributed by atoms with van der Waals surface area (Å²) in [5.74, 6) is -0.857. The van der Waals surface area contributed by atoms with Crippen molar-refractivity contribution in [1.82, 2.24) is 19.4 Å². The fraction of sp³-hybridized carbons (Fsp3) is 0.394. The lowest BCUT2D eigenvalue weighted by molar-refractivity contribution is -0.136. The third-order valence-corrected chi connectivity index (χ3v) is 8.68. The number of aromatic nitrogens is 3. The Morgan fingerprint density at radius 1 is 1.11 bits per heavy atom. The van der Waals surface area contributed by atoms with Gasteiger partial charge in [-0.3, -0.25) is 9.69 Å². The van der Waals surface area contributed by atoms with E-state index in [0.29, 0.717) is 53.0 Å². The minimum absolute atomic E-state index is 0.0566. The van der Waals surface area contributed by atoms with Gasteiger partial charge in [-0.2, -0.15) is 5.26 Å². The highest BCUT2D eigenvalue weighted by Gasteiger charge is 2.43. The summed E-state index contributed by atoms with van der Waals surface area (Å²) < 4.78 is 42.9. The molecule has 1 saturated carbocycles. The Bertz CT molecular complexity index is 1760. The van der Waals surface area contributed by atoms with Gasteiger partial charge in [0.25, 0.3) is 0 Å². The highest BCUT2D eigenvalue weighted by atomic mass is 35.5. The smallest absolute Gasteiger partial charge is 0.307 e. The molecule has 4 aromatic rings. The predicted molar refractivity (Wildman–Crippen MR) is 162 cm³/mol. The van der Waals surface area contributed by atoms with Crippen molar-refractivity contribution < 1.29 is 28.2 Å². The molecule has 2 aromatic carbocycles. The van der Waals surface area contributed by atoms with Gasteiger partial charge in [0.05, 0.1) is 30.2 Å². The van der Waals surface area contributed by atoms with Crippen LogP contribution in [0.15, 0.2) is 48.5 Å². The molecule has 3 heterocycles. The Kier molecular flexibility index (Phi) is 8.88. The second-order valence-electron chi connectivity index (χ2n) is 11.9. The maximum absolute atomic E-state index is 15.1. The number of pyridine rings is 1. The van der Waals surface area contributed by atoms with E-state index in [9.17, 15) is 19.6 Å². The molecule has 0 spiro atoms. The van der Waals surface area contributed by atoms with Crippen molar-refractivity contribution in [1.29, 1.82) is 5.26 Å². The fourth-order valence-electron chi connectivity index (χ4n) is 5.83. The first-order valence-electron chi connectivity index (χ1n) is 14.9. The number of hydrogen-bond acceptors (Lipinski definition) is 7. The molecule has 6 rings (SSSR count). The van der Waals surface area contributed by atoms with Crippen LogP contribution in [0.25, 0.3) is 11.0 Å². The topological polar surface area (TPSA) is 114 Å². The van der Waals surface area contributed by atoms with Crippen molar-refractivity contribution in [2.75, 3.05) is 13.1 Å². The number of hydrogen-bond donors (Lipinski definition) is 1. The molecule has 0 amide bonds. The number of rotatable bonds is 12. The van der Waals surface area contributed by atoms with Gasteiger partial charge in [-0.05, 0) is 67.6 Å². The van der Waals surface area contributed by atoms with E-state index in [0.717, 1.165) is 38.8 Å². The lowest BCUT2D eigenvalue weighted by Gasteiger charge is -2.32. The van der Waals surface area contributed by atoms with Gasteiger partial charge in [0.2, 0.25) is 5.88 Å². The van der Waals surface area contributed by atoms with Crippen LogP contribution >= 0.6 is 11.6 Å². The third kappa shape index (κ3) is 7.35. The molecule has 2 fully saturated rings. The van der Waals surface area contributed by atoms with Crippen LogP contribution in [-0.2, 0) is 30.9 Å². The summed E-state index contributed by atoms with van der Waals surface area (Å²) in [6.07, 6.45) is 3.39. The van der Waals surface area contributed by atoms with Crippen molar-refractivity contribution in [2.45, 2.75) is 64.3 Å². The summed E-state index contributed by atoms with van der Waals surface area (Å²) in [5, 5.41) is 19.0. The zero-order chi connectivity index (χ0) is 31.6. The second-order valence-corrected chi connectivity index (χ2v) is 12.3. The summed E-state index contributed by atoms with van der Waals surface area (Å²) in [6, 6.07) is 14.9. The number of ether oxygens (including phenoxy) is 2. The Labute approximate surface area is 264 Å². The first kappa shape index (κ1) is 30.7. The van der Waals surface area contributed by atoms with E-state index in [1.165, 1.54) is 18.2 Å². The van der Waals surface area contributed by atoms with E-state index < -0.39 is 17.6 Å². The normalized spacial score (nSPS) is 16.4. The van der Waals surface area contributed by atoms with E-state index in [4.69, 9.17) is 21.1 Å². The van der Waals surface area contributed by atoms with E-state index in [2.05, 4.69) is 20.9 Å². The Morgan fingerprint density at radius 2 is 1.91 bits per heavy atom. The lowest BCUT2D eigenvalue weighted by atomic mass is 10.0. The number of aliphatic carboxylic acids is 1. The number of carbonyl (C=O) groups is 1. The van der Waals surface area contributed by atoms with Crippen molar-refractivity contribution >= 4 is 28.6 Å². The van der Waals surface area contributed by atoms with Gasteiger partial charge in [-0.25, -0.2) is 18.7 Å². The summed E-state index contributed by atoms with van der Waals surface area (Å²) in [7, 11) is 0. The van der Waals surface area contributed by atoms with E-state index in [1.54, 1.807) is 24.3 Å². The maximum Gasteiger partial charge on any atom is 0.307 e. The first-order chi connectivity index (χ1) is 21.7. The van der Waals surface area contributed by atoms with Gasteiger partial charge in [-0.1, -0.05) is 17.7 Å². The fourth-order valence-corrected chi connectivity index (χ4v) is 5.99. The number of halogens is 3. The molecular formula is C33H32ClF2N5O4. The molecular weight excluding hydrogens is 604 g/mol. The Hall–Kier alpha value is -4.27. The van der Waals surface area contributed by atoms with E-state index in [1.807, 2.05) is 10.6 Å². The number of likely N-dealkylation sites (tertiary alicyclic amines) is 1. The highest BCUT2D eigenvalue weighted by molar-refractivity contribution is 6.30. The molecule has 9 nitrogen and oxygen atoms in total. The molecule has 12 heteroatoms. The zero-order valence-electron chi connectivity index (χ0n) is 24.5. The van der Waals surface area contributed by atoms with Gasteiger partial charge in [0.1, 0.15) is 24.1 Å². The molecule has 1 aliphatic carbocycles. The Morgan fingerprint density at radius 3 is 2.62 bits per heavy atom. The van der Waals surface area contributed by atoms with Gasteiger partial charge in [-0.15, -0.1) is 0 Å². The van der Waals surface area contributed by atoms with Gasteiger partial charge < -0.3 is 19.1 Å². The second kappa shape index (κ2) is 13.0. The molecule has 0 unspecified atom stereocenters. The SMILES string of the molecule is N#CCC1(Cn2c(CN3CCC(Oc4cccc(COc5ccc(Cl)cc5F)n4)CC3)nc3c(F)cc(CC(=O)O)cc32)CC1. The highest BCUT2D eigenvalue weighted by Crippen LogP contribution is 2.50. The number of carboxylic acid groups (broad SMARTS) is 1. The van der Waals surface area contributed by atoms with Crippen molar-refractivity contribution in [2.24, 2.45) is 5.41 Å². The summed E-state index contributed by atoms with van der Waals surface area (Å²) >= 11 is 5.81. The number of piperidine rings is 1. The van der Waals surface area contributed by atoms with Crippen LogP contribution in [-0.4, -0.2) is 49.7 Å². The number of nitrogens with zero attached hydrogens (tertiary/aromatic N) is 5. The number of imidazole rings is 1. The van der Waals surface area contributed by atoms with Crippen LogP contribution in [0.2, 0.25) is 5.02 Å². The van der Waals surface area contributed by atoms with Crippen LogP contribution in [0.1, 0.15) is 49.2 Å². The molecule has 234 valence electrons. The standard InChI is InChI=1S/C33H32ClF2N5O4/c34-22-4-5-28(25(35)17-22)44-19-23-2-1-3-30(38-23)45-24-6-12-40(13-7-24)18-29-39-32-26(36)14-21(16-31(42)43)15-27(32)41(29)20-33(8-9-33)10-11-37/h1-5,14-15,17,24H,6-10,12-13,16,18-20H2,(H,42,43). The monoisotopic (exact) mass is 635 g/mol. The molecule has 2 aromatic heterocycles. The van der Waals surface area contributed by atoms with Crippen molar-refractivity contribution in [3.8, 4) is 17.7 Å². The number of benzene rings is 2. The van der Waals surface area contributed by atoms with E-state index >= 15 is 4.39 Å². The molecule has 45 heavy (non-hydrogen) atoms. The molecule has 1 N–H and O–H groups in total. The molecule has 2 aliphatic rings. The number of fused-ring (bicyclic) bond motifs is 1. The maximum atomic E-state index is 15.1. The largest absolute Gasteiger partial charge is 0.484 e. The van der Waals surface area contributed by atoms with Crippen LogP contribution in [0, 0.1) is 28.4 Å². The molecule has 0 atom stereocenters. The van der Waals surface area contributed by atoms with Gasteiger partial charge >= 0.3 is 5.97 Å². The van der Waals surface area contributed by atoms with Crippen molar-refractivity contribution in [3.05, 3.63) is 82.3 Å². The van der Waals surface area contributed by atoms with Crippen molar-refractivity contribution in [3.63, 3.8) is 0 Å². The number of carboxylic acids is 1. The lowest BCUT2D eigenvalue weighted by Crippen LogP contribution is -2.38. The average molecular weight is 636 g/mol. The quantitative estimate of drug-likeness (QED) is 0.193.